The van der Waals surface area contributed by atoms with E-state index in [-0.39, 0.29) is 10.6 Å². The third-order valence-corrected chi connectivity index (χ3v) is 3.34. The Labute approximate surface area is 115 Å². The smallest absolute Gasteiger partial charge is 0.405 e. The second-order valence-corrected chi connectivity index (χ2v) is 5.18. The molecule has 0 saturated heterocycles. The van der Waals surface area contributed by atoms with Crippen molar-refractivity contribution in [1.29, 1.82) is 0 Å². The number of ether oxygens (including phenoxy) is 1. The number of aliphatic hydroxyl groups is 1. The highest BCUT2D eigenvalue weighted by atomic mass is 35.5. The molecule has 0 aliphatic heterocycles. The highest BCUT2D eigenvalue weighted by molar-refractivity contribution is 7.15. The molecular weight excluding hydrogens is 303 g/mol. The molecule has 1 aromatic heterocycles. The normalized spacial score (nSPS) is 13.3. The molecule has 3 nitrogen and oxygen atoms in total. The molecule has 0 bridgehead atoms. The van der Waals surface area contributed by atoms with Gasteiger partial charge in [-0.3, -0.25) is 0 Å². The highest BCUT2D eigenvalue weighted by Gasteiger charge is 2.33. The third kappa shape index (κ3) is 3.59. The van der Waals surface area contributed by atoms with Crippen LogP contribution in [0.15, 0.2) is 30.5 Å². The van der Waals surface area contributed by atoms with Gasteiger partial charge in [0.25, 0.3) is 0 Å². The van der Waals surface area contributed by atoms with Crippen LogP contribution in [0.3, 0.4) is 0 Å². The Morgan fingerprint density at radius 3 is 2.58 bits per heavy atom. The number of hydrogen-bond acceptors (Lipinski definition) is 4. The molecule has 0 amide bonds. The van der Waals surface area contributed by atoms with E-state index >= 15 is 0 Å². The number of alkyl halides is 3. The molecule has 1 aromatic carbocycles. The Bertz CT molecular complexity index is 573. The molecule has 102 valence electrons. The van der Waals surface area contributed by atoms with Gasteiger partial charge in [0.05, 0.1) is 6.20 Å². The van der Waals surface area contributed by atoms with E-state index in [1.807, 2.05) is 0 Å². The Balaban J connectivity index is 2.34. The monoisotopic (exact) mass is 309 g/mol. The fraction of sp³-hybridized carbons (Fsp3) is 0.182. The fourth-order valence-corrected chi connectivity index (χ4v) is 2.39. The molecular formula is C11H7ClF3NO2S. The zero-order valence-corrected chi connectivity index (χ0v) is 10.8. The summed E-state index contributed by atoms with van der Waals surface area (Å²) in [6.07, 6.45) is -4.83. The van der Waals surface area contributed by atoms with E-state index in [1.54, 1.807) is 0 Å². The summed E-state index contributed by atoms with van der Waals surface area (Å²) in [6, 6.07) is 5.34. The summed E-state index contributed by atoms with van der Waals surface area (Å²) in [5, 5.41) is 10.2. The van der Waals surface area contributed by atoms with Gasteiger partial charge in [0.15, 0.2) is 0 Å². The molecule has 0 radical (unpaired) electrons. The number of halogens is 4. The van der Waals surface area contributed by atoms with E-state index in [0.717, 1.165) is 17.4 Å². The van der Waals surface area contributed by atoms with Crippen LogP contribution in [0.5, 0.6) is 5.75 Å². The van der Waals surface area contributed by atoms with Crippen LogP contribution < -0.4 is 4.74 Å². The largest absolute Gasteiger partial charge is 0.573 e. The molecule has 19 heavy (non-hydrogen) atoms. The van der Waals surface area contributed by atoms with Crippen LogP contribution in [0.25, 0.3) is 0 Å². The van der Waals surface area contributed by atoms with E-state index in [0.29, 0.717) is 4.34 Å². The fourth-order valence-electron chi connectivity index (χ4n) is 1.45. The molecule has 8 heteroatoms. The quantitative estimate of drug-likeness (QED) is 0.938. The minimum absolute atomic E-state index is 0.0224. The predicted octanol–water partition coefficient (Wildman–Crippen LogP) is 3.78. The first-order chi connectivity index (χ1) is 8.87. The molecule has 0 spiro atoms. The van der Waals surface area contributed by atoms with Gasteiger partial charge in [-0.15, -0.1) is 24.5 Å². The van der Waals surface area contributed by atoms with Crippen LogP contribution in [0, 0.1) is 0 Å². The third-order valence-electron chi connectivity index (χ3n) is 2.17. The molecule has 1 atom stereocenters. The van der Waals surface area contributed by atoms with Crippen molar-refractivity contribution >= 4 is 22.9 Å². The lowest BCUT2D eigenvalue weighted by Gasteiger charge is -2.15. The Morgan fingerprint density at radius 1 is 1.32 bits per heavy atom. The average Bonchev–Trinajstić information content (AvgIpc) is 2.74. The van der Waals surface area contributed by atoms with E-state index in [1.165, 1.54) is 24.4 Å². The topological polar surface area (TPSA) is 42.4 Å². The SMILES string of the molecule is OC(c1ncc(Cl)s1)c1ccccc1OC(F)(F)F. The van der Waals surface area contributed by atoms with Crippen LogP contribution in [-0.4, -0.2) is 16.5 Å². The maximum absolute atomic E-state index is 12.3. The number of aromatic nitrogens is 1. The van der Waals surface area contributed by atoms with Crippen molar-refractivity contribution in [3.8, 4) is 5.75 Å². The van der Waals surface area contributed by atoms with Gasteiger partial charge in [0.1, 0.15) is 21.2 Å². The summed E-state index contributed by atoms with van der Waals surface area (Å²) in [7, 11) is 0. The van der Waals surface area contributed by atoms with Crippen LogP contribution >= 0.6 is 22.9 Å². The number of thiazole rings is 1. The van der Waals surface area contributed by atoms with E-state index in [2.05, 4.69) is 9.72 Å². The summed E-state index contributed by atoms with van der Waals surface area (Å²) in [5.41, 5.74) is -0.0224. The standard InChI is InChI=1S/C11H7ClF3NO2S/c12-8-5-16-10(19-8)9(17)6-3-1-2-4-7(6)18-11(13,14)15/h1-5,9,17H. The van der Waals surface area contributed by atoms with Gasteiger partial charge in [0, 0.05) is 5.56 Å². The molecule has 2 rings (SSSR count). The first-order valence-corrected chi connectivity index (χ1v) is 6.20. The molecule has 0 aliphatic carbocycles. The lowest BCUT2D eigenvalue weighted by atomic mass is 10.1. The first kappa shape index (κ1) is 14.1. The zero-order valence-electron chi connectivity index (χ0n) is 9.19. The number of para-hydroxylation sites is 1. The van der Waals surface area contributed by atoms with E-state index < -0.39 is 18.2 Å². The molecule has 2 aromatic rings. The van der Waals surface area contributed by atoms with E-state index in [9.17, 15) is 18.3 Å². The molecule has 0 saturated carbocycles. The molecule has 1 N–H and O–H groups in total. The van der Waals surface area contributed by atoms with Gasteiger partial charge in [0.2, 0.25) is 0 Å². The summed E-state index contributed by atoms with van der Waals surface area (Å²) < 4.78 is 41.0. The van der Waals surface area contributed by atoms with Gasteiger partial charge >= 0.3 is 6.36 Å². The summed E-state index contributed by atoms with van der Waals surface area (Å²) >= 11 is 6.66. The zero-order chi connectivity index (χ0) is 14.0. The van der Waals surface area contributed by atoms with Crippen LogP contribution in [0.2, 0.25) is 4.34 Å². The highest BCUT2D eigenvalue weighted by Crippen LogP contribution is 2.35. The second-order valence-electron chi connectivity index (χ2n) is 3.49. The second kappa shape index (κ2) is 5.36. The van der Waals surface area contributed by atoms with Crippen LogP contribution in [-0.2, 0) is 0 Å². The maximum atomic E-state index is 12.3. The van der Waals surface area contributed by atoms with Gasteiger partial charge in [-0.1, -0.05) is 29.8 Å². The minimum atomic E-state index is -4.82. The molecule has 0 aliphatic rings. The van der Waals surface area contributed by atoms with Crippen molar-refractivity contribution < 1.29 is 23.0 Å². The van der Waals surface area contributed by atoms with Crippen molar-refractivity contribution in [3.05, 3.63) is 45.4 Å². The van der Waals surface area contributed by atoms with Crippen molar-refractivity contribution in [3.63, 3.8) is 0 Å². The molecule has 1 heterocycles. The van der Waals surface area contributed by atoms with Crippen molar-refractivity contribution in [2.45, 2.75) is 12.5 Å². The number of aliphatic hydroxyl groups excluding tert-OH is 1. The lowest BCUT2D eigenvalue weighted by molar-refractivity contribution is -0.275. The molecule has 0 fully saturated rings. The van der Waals surface area contributed by atoms with Gasteiger partial charge < -0.3 is 9.84 Å². The van der Waals surface area contributed by atoms with Crippen molar-refractivity contribution in [2.24, 2.45) is 0 Å². The Kier molecular flexibility index (Phi) is 3.98. The minimum Gasteiger partial charge on any atom is -0.405 e. The Morgan fingerprint density at radius 2 is 2.00 bits per heavy atom. The summed E-state index contributed by atoms with van der Waals surface area (Å²) in [4.78, 5) is 3.83. The van der Waals surface area contributed by atoms with Gasteiger partial charge in [-0.05, 0) is 6.07 Å². The van der Waals surface area contributed by atoms with Crippen LogP contribution in [0.4, 0.5) is 13.2 Å². The number of benzene rings is 1. The Hall–Kier alpha value is -1.31. The maximum Gasteiger partial charge on any atom is 0.573 e. The summed E-state index contributed by atoms with van der Waals surface area (Å²) in [6.45, 7) is 0. The number of hydrogen-bond donors (Lipinski definition) is 1. The average molecular weight is 310 g/mol. The summed E-state index contributed by atoms with van der Waals surface area (Å²) in [5.74, 6) is -0.464. The van der Waals surface area contributed by atoms with Crippen molar-refractivity contribution in [1.82, 2.24) is 4.98 Å². The first-order valence-electron chi connectivity index (χ1n) is 5.01. The molecule has 1 unspecified atom stereocenters. The van der Waals surface area contributed by atoms with Crippen LogP contribution in [0.1, 0.15) is 16.7 Å². The van der Waals surface area contributed by atoms with E-state index in [4.69, 9.17) is 11.6 Å². The van der Waals surface area contributed by atoms with Crippen molar-refractivity contribution in [2.75, 3.05) is 0 Å². The van der Waals surface area contributed by atoms with Gasteiger partial charge in [-0.2, -0.15) is 0 Å². The predicted molar refractivity (Wildman–Crippen MR) is 64.3 cm³/mol. The number of rotatable bonds is 3. The van der Waals surface area contributed by atoms with Gasteiger partial charge in [-0.25, -0.2) is 4.98 Å². The number of nitrogens with zero attached hydrogens (tertiary/aromatic N) is 1. The lowest BCUT2D eigenvalue weighted by Crippen LogP contribution is -2.18.